The molecular formula is C19H15N5. The lowest BCUT2D eigenvalue weighted by atomic mass is 10.1. The fourth-order valence-electron chi connectivity index (χ4n) is 2.61. The molecule has 0 fully saturated rings. The van der Waals surface area contributed by atoms with Crippen LogP contribution in [0.3, 0.4) is 0 Å². The fourth-order valence-corrected chi connectivity index (χ4v) is 2.61. The van der Waals surface area contributed by atoms with Crippen LogP contribution < -0.4 is 5.32 Å². The molecule has 24 heavy (non-hydrogen) atoms. The first-order chi connectivity index (χ1) is 11.9. The van der Waals surface area contributed by atoms with Crippen molar-refractivity contribution < 1.29 is 0 Å². The average molecular weight is 313 g/mol. The number of nitrogens with one attached hydrogen (secondary N) is 1. The third kappa shape index (κ3) is 2.75. The van der Waals surface area contributed by atoms with Crippen LogP contribution in [0.4, 0.5) is 5.69 Å². The van der Waals surface area contributed by atoms with E-state index in [1.165, 1.54) is 10.8 Å². The molecule has 4 rings (SSSR count). The number of para-hydroxylation sites is 1. The highest BCUT2D eigenvalue weighted by atomic mass is 15.5. The van der Waals surface area contributed by atoms with Crippen molar-refractivity contribution in [2.75, 3.05) is 5.32 Å². The molecular weight excluding hydrogens is 298 g/mol. The van der Waals surface area contributed by atoms with Gasteiger partial charge in [0.15, 0.2) is 5.82 Å². The molecule has 0 aliphatic heterocycles. The van der Waals surface area contributed by atoms with E-state index in [0.29, 0.717) is 5.82 Å². The molecule has 0 amide bonds. The Morgan fingerprint density at radius 2 is 1.62 bits per heavy atom. The number of hydrogen-bond acceptors (Lipinski definition) is 4. The second kappa shape index (κ2) is 6.34. The van der Waals surface area contributed by atoms with Gasteiger partial charge in [0.05, 0.1) is 5.69 Å². The molecule has 4 aromatic rings. The predicted molar refractivity (Wildman–Crippen MR) is 95.8 cm³/mol. The predicted octanol–water partition coefficient (Wildman–Crippen LogP) is 3.90. The molecule has 0 bridgehead atoms. The number of hydrogen-bond donors (Lipinski definition) is 1. The van der Waals surface area contributed by atoms with Crippen LogP contribution in [0.5, 0.6) is 0 Å². The van der Waals surface area contributed by atoms with E-state index in [-0.39, 0.29) is 0 Å². The number of tetrazole rings is 1. The summed E-state index contributed by atoms with van der Waals surface area (Å²) in [7, 11) is 0. The largest absolute Gasteiger partial charge is 0.361 e. The third-order valence-corrected chi connectivity index (χ3v) is 3.76. The molecule has 0 aliphatic rings. The van der Waals surface area contributed by atoms with Gasteiger partial charge in [-0.3, -0.25) is 0 Å². The Kier molecular flexibility index (Phi) is 3.73. The van der Waals surface area contributed by atoms with E-state index >= 15 is 0 Å². The second-order valence-corrected chi connectivity index (χ2v) is 5.29. The van der Waals surface area contributed by atoms with Crippen molar-refractivity contribution in [3.05, 3.63) is 84.8 Å². The van der Waals surface area contributed by atoms with Crippen LogP contribution >= 0.6 is 0 Å². The van der Waals surface area contributed by atoms with Gasteiger partial charge in [-0.25, -0.2) is 0 Å². The maximum Gasteiger partial charge on any atom is 0.181 e. The average Bonchev–Trinajstić information content (AvgIpc) is 3.11. The molecule has 0 radical (unpaired) electrons. The summed E-state index contributed by atoms with van der Waals surface area (Å²) in [4.78, 5) is 0. The molecule has 0 saturated carbocycles. The standard InChI is InChI=1S/C19H15N5/c1-2-9-16(10-3-1)24-19(21-22-23-24)13-14-20-18-12-6-8-15-7-4-5-11-17(15)18/h1-14,20H. The van der Waals surface area contributed by atoms with Crippen molar-refractivity contribution in [2.45, 2.75) is 0 Å². The molecule has 116 valence electrons. The van der Waals surface area contributed by atoms with Crippen molar-refractivity contribution in [3.8, 4) is 5.69 Å². The minimum absolute atomic E-state index is 0.661. The molecule has 0 atom stereocenters. The summed E-state index contributed by atoms with van der Waals surface area (Å²) in [5.41, 5.74) is 1.97. The zero-order valence-electron chi connectivity index (χ0n) is 12.9. The molecule has 3 aromatic carbocycles. The topological polar surface area (TPSA) is 55.6 Å². The van der Waals surface area contributed by atoms with E-state index in [4.69, 9.17) is 0 Å². The number of nitrogens with zero attached hydrogens (tertiary/aromatic N) is 4. The summed E-state index contributed by atoms with van der Waals surface area (Å²) < 4.78 is 1.70. The highest BCUT2D eigenvalue weighted by Gasteiger charge is 2.04. The van der Waals surface area contributed by atoms with E-state index in [1.54, 1.807) is 4.68 Å². The van der Waals surface area contributed by atoms with E-state index < -0.39 is 0 Å². The fraction of sp³-hybridized carbons (Fsp3) is 0. The van der Waals surface area contributed by atoms with Gasteiger partial charge in [0, 0.05) is 23.3 Å². The normalized spacial score (nSPS) is 11.2. The zero-order chi connectivity index (χ0) is 16.2. The van der Waals surface area contributed by atoms with Crippen molar-refractivity contribution in [2.24, 2.45) is 0 Å². The van der Waals surface area contributed by atoms with Gasteiger partial charge in [-0.15, -0.1) is 5.10 Å². The summed E-state index contributed by atoms with van der Waals surface area (Å²) in [6, 6.07) is 24.3. The molecule has 0 aliphatic carbocycles. The molecule has 1 heterocycles. The highest BCUT2D eigenvalue weighted by Crippen LogP contribution is 2.23. The first-order valence-corrected chi connectivity index (χ1v) is 7.66. The van der Waals surface area contributed by atoms with Gasteiger partial charge in [0.1, 0.15) is 0 Å². The van der Waals surface area contributed by atoms with Gasteiger partial charge in [-0.05, 0) is 34.0 Å². The molecule has 0 unspecified atom stereocenters. The van der Waals surface area contributed by atoms with Gasteiger partial charge < -0.3 is 5.32 Å². The minimum Gasteiger partial charge on any atom is -0.361 e. The Balaban J connectivity index is 1.60. The van der Waals surface area contributed by atoms with E-state index in [0.717, 1.165) is 11.4 Å². The molecule has 1 aromatic heterocycles. The SMILES string of the molecule is C(=Cc1nnnn1-c1ccccc1)Nc1cccc2ccccc12. The summed E-state index contributed by atoms with van der Waals surface area (Å²) in [5.74, 6) is 0.661. The van der Waals surface area contributed by atoms with Crippen LogP contribution in [-0.4, -0.2) is 20.2 Å². The second-order valence-electron chi connectivity index (χ2n) is 5.29. The van der Waals surface area contributed by atoms with E-state index in [1.807, 2.05) is 66.9 Å². The lowest BCUT2D eigenvalue weighted by Gasteiger charge is -2.06. The molecule has 0 saturated heterocycles. The molecule has 1 N–H and O–H groups in total. The molecule has 5 heteroatoms. The number of aromatic nitrogens is 4. The van der Waals surface area contributed by atoms with Crippen molar-refractivity contribution in [1.82, 2.24) is 20.2 Å². The summed E-state index contributed by atoms with van der Waals surface area (Å²) in [5, 5.41) is 17.5. The molecule has 0 spiro atoms. The van der Waals surface area contributed by atoms with Gasteiger partial charge in [-0.1, -0.05) is 54.6 Å². The van der Waals surface area contributed by atoms with Crippen LogP contribution in [0.2, 0.25) is 0 Å². The Bertz CT molecular complexity index is 984. The third-order valence-electron chi connectivity index (χ3n) is 3.76. The summed E-state index contributed by atoms with van der Waals surface area (Å²) in [6.45, 7) is 0. The van der Waals surface area contributed by atoms with Crippen LogP contribution in [-0.2, 0) is 0 Å². The van der Waals surface area contributed by atoms with Crippen LogP contribution in [0, 0.1) is 0 Å². The van der Waals surface area contributed by atoms with Crippen molar-refractivity contribution in [3.63, 3.8) is 0 Å². The van der Waals surface area contributed by atoms with Crippen molar-refractivity contribution in [1.29, 1.82) is 0 Å². The van der Waals surface area contributed by atoms with Crippen LogP contribution in [0.15, 0.2) is 79.0 Å². The van der Waals surface area contributed by atoms with Gasteiger partial charge >= 0.3 is 0 Å². The quantitative estimate of drug-likeness (QED) is 0.621. The lowest BCUT2D eigenvalue weighted by Crippen LogP contribution is -1.99. The Morgan fingerprint density at radius 1 is 0.833 bits per heavy atom. The summed E-state index contributed by atoms with van der Waals surface area (Å²) >= 11 is 0. The molecule has 5 nitrogen and oxygen atoms in total. The lowest BCUT2D eigenvalue weighted by molar-refractivity contribution is 0.787. The van der Waals surface area contributed by atoms with Crippen LogP contribution in [0.1, 0.15) is 5.82 Å². The maximum atomic E-state index is 4.06. The van der Waals surface area contributed by atoms with Gasteiger partial charge in [0.25, 0.3) is 0 Å². The van der Waals surface area contributed by atoms with Gasteiger partial charge in [-0.2, -0.15) is 4.68 Å². The highest BCUT2D eigenvalue weighted by molar-refractivity contribution is 5.94. The van der Waals surface area contributed by atoms with Gasteiger partial charge in [0.2, 0.25) is 0 Å². The smallest absolute Gasteiger partial charge is 0.181 e. The first kappa shape index (κ1) is 14.1. The Morgan fingerprint density at radius 3 is 2.54 bits per heavy atom. The monoisotopic (exact) mass is 313 g/mol. The number of anilines is 1. The number of fused-ring (bicyclic) bond motifs is 1. The number of benzene rings is 3. The Hall–Kier alpha value is -3.47. The summed E-state index contributed by atoms with van der Waals surface area (Å²) in [6.07, 6.45) is 3.71. The first-order valence-electron chi connectivity index (χ1n) is 7.66. The number of rotatable bonds is 4. The van der Waals surface area contributed by atoms with E-state index in [2.05, 4.69) is 39.0 Å². The minimum atomic E-state index is 0.661. The maximum absolute atomic E-state index is 4.06. The zero-order valence-corrected chi connectivity index (χ0v) is 12.9. The van der Waals surface area contributed by atoms with E-state index in [9.17, 15) is 0 Å². The van der Waals surface area contributed by atoms with Crippen molar-refractivity contribution >= 4 is 22.5 Å². The Labute approximate surface area is 139 Å². The van der Waals surface area contributed by atoms with Crippen LogP contribution in [0.25, 0.3) is 22.5 Å².